The Bertz CT molecular complexity index is 1630. The molecule has 0 spiro atoms. The Hall–Kier alpha value is -4.30. The zero-order valence-corrected chi connectivity index (χ0v) is 27.1. The number of halogens is 1. The lowest BCUT2D eigenvalue weighted by Gasteiger charge is -2.31. The van der Waals surface area contributed by atoms with Crippen molar-refractivity contribution in [2.45, 2.75) is 71.9 Å². The van der Waals surface area contributed by atoms with Crippen LogP contribution in [0.1, 0.15) is 62.6 Å². The molecule has 2 heterocycles. The van der Waals surface area contributed by atoms with E-state index in [-0.39, 0.29) is 18.0 Å². The number of benzene rings is 3. The number of nitrogens with one attached hydrogen (secondary N) is 2. The highest BCUT2D eigenvalue weighted by Crippen LogP contribution is 2.36. The molecule has 5 rings (SSSR count). The molecule has 9 heteroatoms. The molecule has 0 aliphatic carbocycles. The Kier molecular flexibility index (Phi) is 10.8. The number of aromatic nitrogens is 2. The number of amides is 3. The van der Waals surface area contributed by atoms with Crippen LogP contribution in [0.15, 0.2) is 73.1 Å². The van der Waals surface area contributed by atoms with Crippen molar-refractivity contribution in [3.63, 3.8) is 0 Å². The fourth-order valence-electron chi connectivity index (χ4n) is 5.86. The van der Waals surface area contributed by atoms with Crippen LogP contribution < -0.4 is 20.3 Å². The molecule has 8 nitrogen and oxygen atoms in total. The summed E-state index contributed by atoms with van der Waals surface area (Å²) in [5, 5.41) is 11.2. The van der Waals surface area contributed by atoms with Gasteiger partial charge in [-0.3, -0.25) is 9.48 Å². The lowest BCUT2D eigenvalue weighted by molar-refractivity contribution is -0.118. The lowest BCUT2D eigenvalue weighted by atomic mass is 9.93. The van der Waals surface area contributed by atoms with Gasteiger partial charge in [0.05, 0.1) is 19.3 Å². The number of rotatable bonds is 12. The number of ether oxygens (including phenoxy) is 1. The van der Waals surface area contributed by atoms with Crippen LogP contribution in [0.25, 0.3) is 11.1 Å². The van der Waals surface area contributed by atoms with Crippen molar-refractivity contribution in [2.75, 3.05) is 23.4 Å². The molecule has 3 aromatic carbocycles. The molecule has 0 saturated heterocycles. The van der Waals surface area contributed by atoms with Gasteiger partial charge in [0.15, 0.2) is 0 Å². The third-order valence-corrected chi connectivity index (χ3v) is 8.54. The Labute approximate surface area is 270 Å². The topological polar surface area (TPSA) is 88.5 Å². The maximum absolute atomic E-state index is 13.3. The zero-order valence-electron chi connectivity index (χ0n) is 26.3. The quantitative estimate of drug-likeness (QED) is 0.156. The van der Waals surface area contributed by atoms with E-state index in [0.717, 1.165) is 65.1 Å². The lowest BCUT2D eigenvalue weighted by Crippen LogP contribution is -2.35. The van der Waals surface area contributed by atoms with E-state index in [0.29, 0.717) is 37.6 Å². The van der Waals surface area contributed by atoms with Gasteiger partial charge in [-0.15, -0.1) is 0 Å². The van der Waals surface area contributed by atoms with Gasteiger partial charge in [0.25, 0.3) is 0 Å². The van der Waals surface area contributed by atoms with E-state index < -0.39 is 0 Å². The van der Waals surface area contributed by atoms with Crippen molar-refractivity contribution in [1.29, 1.82) is 0 Å². The number of carbonyl (C=O) groups excluding carboxylic acids is 2. The largest absolute Gasteiger partial charge is 0.493 e. The van der Waals surface area contributed by atoms with E-state index in [2.05, 4.69) is 28.7 Å². The van der Waals surface area contributed by atoms with Crippen LogP contribution in [0.3, 0.4) is 0 Å². The molecule has 3 amide bonds. The van der Waals surface area contributed by atoms with Crippen molar-refractivity contribution in [1.82, 2.24) is 15.1 Å². The molecule has 1 aliphatic heterocycles. The van der Waals surface area contributed by atoms with Gasteiger partial charge in [-0.25, -0.2) is 4.79 Å². The molecule has 2 N–H and O–H groups in total. The van der Waals surface area contributed by atoms with Crippen LogP contribution in [-0.4, -0.2) is 40.9 Å². The van der Waals surface area contributed by atoms with Crippen molar-refractivity contribution in [2.24, 2.45) is 0 Å². The predicted octanol–water partition coefficient (Wildman–Crippen LogP) is 8.01. The Morgan fingerprint density at radius 1 is 1.11 bits per heavy atom. The monoisotopic (exact) mass is 627 g/mol. The molecule has 45 heavy (non-hydrogen) atoms. The second kappa shape index (κ2) is 15.1. The Morgan fingerprint density at radius 3 is 2.78 bits per heavy atom. The van der Waals surface area contributed by atoms with Gasteiger partial charge in [0.1, 0.15) is 5.75 Å². The van der Waals surface area contributed by atoms with Crippen molar-refractivity contribution in [3.05, 3.63) is 94.8 Å². The summed E-state index contributed by atoms with van der Waals surface area (Å²) < 4.78 is 7.81. The third-order valence-electron chi connectivity index (χ3n) is 8.14. The molecule has 4 aromatic rings. The summed E-state index contributed by atoms with van der Waals surface area (Å²) in [5.41, 5.74) is 6.97. The first-order chi connectivity index (χ1) is 21.8. The maximum Gasteiger partial charge on any atom is 0.319 e. The first-order valence-electron chi connectivity index (χ1n) is 15.8. The molecule has 0 saturated carbocycles. The SMILES string of the molecule is CCCC(C)NC(=O)Nc1cccc(Cn2cc(-c3cccc4c3CCCN4C(=O)CCCOc3cccc(Cl)c3C)cn2)c1. The normalized spacial score (nSPS) is 13.2. The Morgan fingerprint density at radius 2 is 1.93 bits per heavy atom. The number of fused-ring (bicyclic) bond motifs is 1. The molecular weight excluding hydrogens is 586 g/mol. The molecule has 236 valence electrons. The minimum atomic E-state index is -0.197. The van der Waals surface area contributed by atoms with E-state index in [1.54, 1.807) is 0 Å². The molecule has 0 bridgehead atoms. The number of carbonyl (C=O) groups is 2. The third kappa shape index (κ3) is 8.25. The van der Waals surface area contributed by atoms with Gasteiger partial charge in [-0.2, -0.15) is 5.10 Å². The first-order valence-corrected chi connectivity index (χ1v) is 16.2. The van der Waals surface area contributed by atoms with Gasteiger partial charge in [-0.05, 0) is 86.6 Å². The number of hydrogen-bond acceptors (Lipinski definition) is 4. The van der Waals surface area contributed by atoms with Crippen LogP contribution in [0.2, 0.25) is 5.02 Å². The maximum atomic E-state index is 13.3. The van der Waals surface area contributed by atoms with Gasteiger partial charge >= 0.3 is 6.03 Å². The summed E-state index contributed by atoms with van der Waals surface area (Å²) in [6.45, 7) is 7.78. The molecule has 1 aromatic heterocycles. The summed E-state index contributed by atoms with van der Waals surface area (Å²) in [5.74, 6) is 0.866. The molecule has 0 fully saturated rings. The fourth-order valence-corrected chi connectivity index (χ4v) is 6.02. The van der Waals surface area contributed by atoms with Crippen molar-refractivity contribution < 1.29 is 14.3 Å². The first kappa shape index (κ1) is 32.1. The summed E-state index contributed by atoms with van der Waals surface area (Å²) in [6, 6.07) is 19.5. The molecular formula is C36H42ClN5O3. The van der Waals surface area contributed by atoms with E-state index in [1.807, 2.05) is 90.4 Å². The second-order valence-corrected chi connectivity index (χ2v) is 12.1. The molecule has 0 radical (unpaired) electrons. The van der Waals surface area contributed by atoms with Gasteiger partial charge in [0.2, 0.25) is 5.91 Å². The number of anilines is 2. The fraction of sp³-hybridized carbons (Fsp3) is 0.361. The summed E-state index contributed by atoms with van der Waals surface area (Å²) in [6.07, 6.45) is 8.75. The van der Waals surface area contributed by atoms with Crippen LogP contribution >= 0.6 is 11.6 Å². The number of hydrogen-bond donors (Lipinski definition) is 2. The van der Waals surface area contributed by atoms with Gasteiger partial charge < -0.3 is 20.3 Å². The summed E-state index contributed by atoms with van der Waals surface area (Å²) in [7, 11) is 0. The standard InChI is InChI=1S/C36H42ClN5O3/c1-4-10-25(2)39-36(44)40-29-12-5-11-27(21-29)23-41-24-28(22-38-41)30-13-6-16-33-31(30)14-8-19-42(33)35(43)18-9-20-45-34-17-7-15-32(37)26(34)3/h5-7,11-13,15-17,21-22,24-25H,4,8-10,14,18-20,23H2,1-3H3,(H2,39,40,44). The highest BCUT2D eigenvalue weighted by molar-refractivity contribution is 6.31. The van der Waals surface area contributed by atoms with Gasteiger partial charge in [0, 0.05) is 52.7 Å². The second-order valence-electron chi connectivity index (χ2n) is 11.7. The van der Waals surface area contributed by atoms with E-state index in [1.165, 1.54) is 5.56 Å². The zero-order chi connectivity index (χ0) is 31.8. The van der Waals surface area contributed by atoms with Crippen LogP contribution in [-0.2, 0) is 17.8 Å². The van der Waals surface area contributed by atoms with E-state index >= 15 is 0 Å². The average Bonchev–Trinajstić information content (AvgIpc) is 3.48. The Balaban J connectivity index is 1.21. The van der Waals surface area contributed by atoms with Crippen LogP contribution in [0.4, 0.5) is 16.2 Å². The van der Waals surface area contributed by atoms with Crippen LogP contribution in [0, 0.1) is 6.92 Å². The van der Waals surface area contributed by atoms with Crippen molar-refractivity contribution in [3.8, 4) is 16.9 Å². The van der Waals surface area contributed by atoms with Crippen LogP contribution in [0.5, 0.6) is 5.75 Å². The van der Waals surface area contributed by atoms with E-state index in [4.69, 9.17) is 16.3 Å². The average molecular weight is 628 g/mol. The summed E-state index contributed by atoms with van der Waals surface area (Å²) >= 11 is 6.20. The van der Waals surface area contributed by atoms with Gasteiger partial charge in [-0.1, -0.05) is 55.3 Å². The minimum Gasteiger partial charge on any atom is -0.493 e. The smallest absolute Gasteiger partial charge is 0.319 e. The highest BCUT2D eigenvalue weighted by Gasteiger charge is 2.25. The highest BCUT2D eigenvalue weighted by atomic mass is 35.5. The number of nitrogens with zero attached hydrogens (tertiary/aromatic N) is 3. The van der Waals surface area contributed by atoms with E-state index in [9.17, 15) is 9.59 Å². The summed E-state index contributed by atoms with van der Waals surface area (Å²) in [4.78, 5) is 27.6. The molecule has 1 unspecified atom stereocenters. The molecule has 1 aliphatic rings. The predicted molar refractivity (Wildman–Crippen MR) is 181 cm³/mol. The van der Waals surface area contributed by atoms with Crippen molar-refractivity contribution >= 4 is 34.9 Å². The molecule has 1 atom stereocenters. The minimum absolute atomic E-state index is 0.109. The number of urea groups is 1.